The minimum atomic E-state index is -2.00. The van der Waals surface area contributed by atoms with Crippen LogP contribution in [-0.2, 0) is 66.4 Å². The molecule has 10 aliphatic rings. The first-order valence-corrected chi connectivity index (χ1v) is 30.2. The molecule has 25 unspecified atom stereocenters. The molecule has 0 aromatic rings. The third-order valence-corrected chi connectivity index (χ3v) is 21.6. The number of Topliss-reactive ketones (excluding diaryl/α,β-unsaturated/α-hetero) is 1. The van der Waals surface area contributed by atoms with Gasteiger partial charge in [0.25, 0.3) is 0 Å². The van der Waals surface area contributed by atoms with E-state index < -0.39 is 195 Å². The first kappa shape index (κ1) is 65.6. The van der Waals surface area contributed by atoms with Crippen molar-refractivity contribution >= 4 is 11.8 Å². The maximum atomic E-state index is 14.4. The van der Waals surface area contributed by atoms with Crippen LogP contribution in [0, 0.1) is 39.4 Å². The van der Waals surface area contributed by atoms with E-state index in [-0.39, 0.29) is 35.6 Å². The number of hydrogen-bond acceptors (Lipinski definition) is 26. The lowest BCUT2D eigenvalue weighted by Gasteiger charge is -2.63. The lowest BCUT2D eigenvalue weighted by Crippen LogP contribution is -2.68. The number of ketones is 1. The van der Waals surface area contributed by atoms with Crippen molar-refractivity contribution in [2.45, 2.75) is 259 Å². The quantitative estimate of drug-likeness (QED) is 0.0437. The van der Waals surface area contributed by atoms with Crippen LogP contribution in [-0.4, -0.2) is 260 Å². The van der Waals surface area contributed by atoms with Gasteiger partial charge in [0.2, 0.25) is 0 Å². The zero-order chi connectivity index (χ0) is 61.8. The zero-order valence-electron chi connectivity index (χ0n) is 49.6. The fourth-order valence-corrected chi connectivity index (χ4v) is 17.0. The fourth-order valence-electron chi connectivity index (χ4n) is 17.0. The monoisotopic (exact) mass is 1220 g/mol. The predicted octanol–water partition coefficient (Wildman–Crippen LogP) is -1.75. The molecule has 31 atom stereocenters. The molecule has 9 fully saturated rings. The summed E-state index contributed by atoms with van der Waals surface area (Å²) in [5.41, 5.74) is -1.22. The van der Waals surface area contributed by atoms with Gasteiger partial charge in [-0.25, -0.2) is 0 Å². The molecule has 85 heavy (non-hydrogen) atoms. The van der Waals surface area contributed by atoms with Gasteiger partial charge in [-0.15, -0.1) is 6.58 Å². The summed E-state index contributed by atoms with van der Waals surface area (Å²) in [5.74, 6) is -0.785. The molecule has 0 aromatic heterocycles. The van der Waals surface area contributed by atoms with Crippen LogP contribution in [0.4, 0.5) is 0 Å². The molecule has 4 aliphatic carbocycles. The molecule has 0 amide bonds. The summed E-state index contributed by atoms with van der Waals surface area (Å²) in [7, 11) is 1.19. The van der Waals surface area contributed by atoms with E-state index in [1.54, 1.807) is 0 Å². The van der Waals surface area contributed by atoms with Gasteiger partial charge < -0.3 is 118 Å². The van der Waals surface area contributed by atoms with Gasteiger partial charge in [0, 0.05) is 13.5 Å². The SMILES string of the molecule is C=C(C)CCC[C@]1(C)OC(=O)[C@]23CC=C4C(CCC5C(C)(C)[C@@H](OC6OCC(O)C(O)C6OC6OC(C)C(OC7OC(CO)C(O)C(OC8OC(CO)C(O)C(OC)C8O)C7O)C(O)C6OC6OCC(O)C(O)C6O)CC[C@]45C)[C@]2(C)CC(=O)[C@@H]31. The molecule has 0 aromatic carbocycles. The van der Waals surface area contributed by atoms with E-state index in [4.69, 9.17) is 56.8 Å². The van der Waals surface area contributed by atoms with E-state index in [0.29, 0.717) is 38.5 Å². The first-order valence-electron chi connectivity index (χ1n) is 30.2. The van der Waals surface area contributed by atoms with E-state index in [1.807, 2.05) is 13.8 Å². The number of carbonyl (C=O) groups excluding carboxylic acids is 2. The van der Waals surface area contributed by atoms with Crippen molar-refractivity contribution in [1.29, 1.82) is 0 Å². The second-order valence-electron chi connectivity index (χ2n) is 27.2. The number of methoxy groups -OCH3 is 1. The highest BCUT2D eigenvalue weighted by Crippen LogP contribution is 2.75. The van der Waals surface area contributed by atoms with E-state index in [1.165, 1.54) is 19.6 Å². The summed E-state index contributed by atoms with van der Waals surface area (Å²) in [6.07, 6.45) is -31.2. The lowest BCUT2D eigenvalue weighted by molar-refractivity contribution is -0.403. The van der Waals surface area contributed by atoms with Crippen molar-refractivity contribution in [1.82, 2.24) is 0 Å². The molecule has 1 spiro atoms. The summed E-state index contributed by atoms with van der Waals surface area (Å²) < 4.78 is 72.7. The normalized spacial score (nSPS) is 52.3. The summed E-state index contributed by atoms with van der Waals surface area (Å²) in [6.45, 7) is 15.5. The second kappa shape index (κ2) is 24.7. The Labute approximate surface area is 494 Å². The molecule has 26 heteroatoms. The van der Waals surface area contributed by atoms with Crippen LogP contribution < -0.4 is 0 Å². The van der Waals surface area contributed by atoms with Crippen molar-refractivity contribution in [3.63, 3.8) is 0 Å². The number of esters is 1. The first-order chi connectivity index (χ1) is 40.0. The standard InChI is InChI=1S/C59H92O26/c1-24(2)11-10-16-58(8)48-28(62)19-57(7)27-12-13-33-55(4,5)34(15-17-56(33,6)26(27)14-18-59(48,57)54(73)85-58)80-52-46(36(66)30(64)23-76-52)84-53-47(83-49-39(69)35(65)29(63)22-75-49)40(70)43(25(3)77-53)81-51-42(72)45(38(68)32(21-61)79-51)82-50-41(71)44(74-9)37(67)31(20-60)78-50/h14,25,27,29-53,60-61,63-72H,1,10-13,15-23H2,2-9H3/t25?,27?,29?,30?,31?,32?,33?,34-,35?,36?,37?,38?,39?,40?,41?,42?,43?,44?,45?,46?,47?,48+,49?,50?,51?,52?,53?,56+,57-,58-,59+/m0/s1. The lowest BCUT2D eigenvalue weighted by atomic mass is 9.41. The molecule has 484 valence electrons. The largest absolute Gasteiger partial charge is 0.458 e. The van der Waals surface area contributed by atoms with E-state index >= 15 is 0 Å². The molecule has 3 saturated carbocycles. The van der Waals surface area contributed by atoms with Gasteiger partial charge in [-0.2, -0.15) is 0 Å². The highest BCUT2D eigenvalue weighted by molar-refractivity contribution is 5.99. The second-order valence-corrected chi connectivity index (χ2v) is 27.2. The van der Waals surface area contributed by atoms with Crippen molar-refractivity contribution < 1.29 is 128 Å². The molecule has 6 aliphatic heterocycles. The van der Waals surface area contributed by atoms with Crippen LogP contribution in [0.5, 0.6) is 0 Å². The van der Waals surface area contributed by atoms with E-state index in [0.717, 1.165) is 24.8 Å². The number of rotatable bonds is 17. The molecule has 6 heterocycles. The predicted molar refractivity (Wildman–Crippen MR) is 287 cm³/mol. The number of aliphatic hydroxyl groups excluding tert-OH is 12. The molecular weight excluding hydrogens is 1120 g/mol. The smallest absolute Gasteiger partial charge is 0.314 e. The number of allylic oxidation sites excluding steroid dienone is 3. The molecular formula is C59H92O26. The van der Waals surface area contributed by atoms with Crippen LogP contribution in [0.2, 0.25) is 0 Å². The molecule has 0 radical (unpaired) electrons. The van der Waals surface area contributed by atoms with Crippen LogP contribution in [0.15, 0.2) is 23.8 Å². The third kappa shape index (κ3) is 11.1. The van der Waals surface area contributed by atoms with Crippen LogP contribution >= 0.6 is 0 Å². The van der Waals surface area contributed by atoms with Crippen molar-refractivity contribution in [3.05, 3.63) is 23.8 Å². The Morgan fingerprint density at radius 1 is 0.647 bits per heavy atom. The molecule has 0 bridgehead atoms. The average Bonchev–Trinajstić information content (AvgIpc) is 1.54. The van der Waals surface area contributed by atoms with Gasteiger partial charge in [0.15, 0.2) is 31.5 Å². The van der Waals surface area contributed by atoms with E-state index in [9.17, 15) is 70.9 Å². The molecule has 6 saturated heterocycles. The summed E-state index contributed by atoms with van der Waals surface area (Å²) in [6, 6.07) is 0. The Morgan fingerprint density at radius 2 is 1.22 bits per heavy atom. The minimum absolute atomic E-state index is 0.0173. The number of hydrogen-bond donors (Lipinski definition) is 12. The van der Waals surface area contributed by atoms with Gasteiger partial charge in [-0.3, -0.25) is 9.59 Å². The van der Waals surface area contributed by atoms with Gasteiger partial charge in [0.1, 0.15) is 115 Å². The van der Waals surface area contributed by atoms with Crippen molar-refractivity contribution in [2.24, 2.45) is 39.4 Å². The number of ether oxygens (including phenoxy) is 12. The summed E-state index contributed by atoms with van der Waals surface area (Å²) >= 11 is 0. The molecule has 10 rings (SSSR count). The van der Waals surface area contributed by atoms with Crippen LogP contribution in [0.3, 0.4) is 0 Å². The molecule has 26 nitrogen and oxygen atoms in total. The van der Waals surface area contributed by atoms with Crippen LogP contribution in [0.25, 0.3) is 0 Å². The molecule has 12 N–H and O–H groups in total. The Bertz CT molecular complexity index is 2430. The van der Waals surface area contributed by atoms with Gasteiger partial charge in [-0.05, 0) is 100 Å². The average molecular weight is 1220 g/mol. The minimum Gasteiger partial charge on any atom is -0.458 e. The summed E-state index contributed by atoms with van der Waals surface area (Å²) in [4.78, 5) is 28.8. The zero-order valence-corrected chi connectivity index (χ0v) is 49.6. The number of carbonyl (C=O) groups is 2. The fraction of sp³-hybridized carbons (Fsp3) is 0.898. The topological polar surface area (TPSA) is 388 Å². The third-order valence-electron chi connectivity index (χ3n) is 21.6. The number of aliphatic hydroxyl groups is 12. The van der Waals surface area contributed by atoms with Crippen molar-refractivity contribution in [3.8, 4) is 0 Å². The summed E-state index contributed by atoms with van der Waals surface area (Å²) in [5, 5.41) is 132. The van der Waals surface area contributed by atoms with E-state index in [2.05, 4.69) is 40.3 Å². The van der Waals surface area contributed by atoms with Gasteiger partial charge in [-0.1, -0.05) is 44.9 Å². The maximum absolute atomic E-state index is 14.4. The Balaban J connectivity index is 0.875. The highest BCUT2D eigenvalue weighted by Gasteiger charge is 2.79. The van der Waals surface area contributed by atoms with Gasteiger partial charge >= 0.3 is 5.97 Å². The van der Waals surface area contributed by atoms with Crippen LogP contribution in [0.1, 0.15) is 106 Å². The maximum Gasteiger partial charge on any atom is 0.314 e. The Hall–Kier alpha value is -2.30. The Morgan fingerprint density at radius 3 is 1.86 bits per heavy atom. The van der Waals surface area contributed by atoms with Crippen molar-refractivity contribution in [2.75, 3.05) is 33.5 Å². The number of fused-ring (bicyclic) bond motifs is 4. The highest BCUT2D eigenvalue weighted by atomic mass is 16.8. The number of cyclic esters (lactones) is 1. The van der Waals surface area contributed by atoms with Gasteiger partial charge in [0.05, 0.1) is 50.0 Å². The Kier molecular flexibility index (Phi) is 19.1.